The molecule has 1 atom stereocenters. The van der Waals surface area contributed by atoms with Crippen LogP contribution in [0.25, 0.3) is 0 Å². The first kappa shape index (κ1) is 15.2. The van der Waals surface area contributed by atoms with E-state index in [2.05, 4.69) is 11.1 Å². The molecule has 0 aliphatic heterocycles. The molecule has 0 aliphatic carbocycles. The third-order valence-corrected chi connectivity index (χ3v) is 4.00. The quantitative estimate of drug-likeness (QED) is 0.853. The fourth-order valence-electron chi connectivity index (χ4n) is 2.11. The van der Waals surface area contributed by atoms with E-state index in [1.807, 2.05) is 42.6 Å². The number of rotatable bonds is 5. The molecule has 2 aromatic rings. The summed E-state index contributed by atoms with van der Waals surface area (Å²) in [7, 11) is 1.71. The first-order valence-corrected chi connectivity index (χ1v) is 7.57. The lowest BCUT2D eigenvalue weighted by atomic mass is 9.99. The lowest BCUT2D eigenvalue weighted by Gasteiger charge is -2.19. The molecular formula is C16H17N3OS. The summed E-state index contributed by atoms with van der Waals surface area (Å²) in [6.45, 7) is 2.37. The van der Waals surface area contributed by atoms with E-state index in [1.54, 1.807) is 23.3 Å². The van der Waals surface area contributed by atoms with E-state index < -0.39 is 5.92 Å². The number of thiazole rings is 1. The van der Waals surface area contributed by atoms with E-state index in [0.29, 0.717) is 13.0 Å². The van der Waals surface area contributed by atoms with Crippen molar-refractivity contribution >= 4 is 17.2 Å². The molecule has 0 radical (unpaired) electrons. The van der Waals surface area contributed by atoms with Gasteiger partial charge in [-0.3, -0.25) is 4.79 Å². The Kier molecular flexibility index (Phi) is 5.07. The highest BCUT2D eigenvalue weighted by Crippen LogP contribution is 2.14. The van der Waals surface area contributed by atoms with Gasteiger partial charge in [0.25, 0.3) is 0 Å². The summed E-state index contributed by atoms with van der Waals surface area (Å²) in [6.07, 6.45) is 0.441. The zero-order chi connectivity index (χ0) is 15.2. The Morgan fingerprint density at radius 2 is 2.14 bits per heavy atom. The smallest absolute Gasteiger partial charge is 0.240 e. The van der Waals surface area contributed by atoms with Crippen molar-refractivity contribution in [3.63, 3.8) is 0 Å². The van der Waals surface area contributed by atoms with E-state index in [0.717, 1.165) is 16.3 Å². The topological polar surface area (TPSA) is 57.0 Å². The molecule has 2 rings (SSSR count). The van der Waals surface area contributed by atoms with Crippen LogP contribution in [0, 0.1) is 24.2 Å². The Bertz CT molecular complexity index is 645. The number of amides is 1. The standard InChI is InChI=1S/C16H17N3OS/c1-12-18-15(11-21-12)10-19(2)16(20)14(9-17)8-13-6-4-3-5-7-13/h3-7,11,14H,8,10H2,1-2H3. The molecule has 1 heterocycles. The maximum atomic E-state index is 12.4. The molecule has 4 nitrogen and oxygen atoms in total. The lowest BCUT2D eigenvalue weighted by molar-refractivity contribution is -0.133. The van der Waals surface area contributed by atoms with Crippen LogP contribution in [0.15, 0.2) is 35.7 Å². The van der Waals surface area contributed by atoms with E-state index in [9.17, 15) is 10.1 Å². The molecule has 1 aromatic carbocycles. The van der Waals surface area contributed by atoms with Gasteiger partial charge in [-0.05, 0) is 18.9 Å². The average Bonchev–Trinajstić information content (AvgIpc) is 2.90. The number of benzene rings is 1. The van der Waals surface area contributed by atoms with Crippen molar-refractivity contribution < 1.29 is 4.79 Å². The van der Waals surface area contributed by atoms with Gasteiger partial charge in [-0.1, -0.05) is 30.3 Å². The number of nitriles is 1. The van der Waals surface area contributed by atoms with Gasteiger partial charge in [0.2, 0.25) is 5.91 Å². The molecule has 0 bridgehead atoms. The number of aryl methyl sites for hydroxylation is 1. The number of carbonyl (C=O) groups excluding carboxylic acids is 1. The Balaban J connectivity index is 2.01. The summed E-state index contributed by atoms with van der Waals surface area (Å²) in [5.74, 6) is -0.816. The summed E-state index contributed by atoms with van der Waals surface area (Å²) >= 11 is 1.56. The minimum absolute atomic E-state index is 0.160. The van der Waals surface area contributed by atoms with E-state index >= 15 is 0 Å². The summed E-state index contributed by atoms with van der Waals surface area (Å²) in [5.41, 5.74) is 1.86. The SMILES string of the molecule is Cc1nc(CN(C)C(=O)C(C#N)Cc2ccccc2)cs1. The molecule has 0 saturated heterocycles. The van der Waals surface area contributed by atoms with Crippen LogP contribution in [0.4, 0.5) is 0 Å². The third kappa shape index (κ3) is 4.14. The fraction of sp³-hybridized carbons (Fsp3) is 0.312. The Morgan fingerprint density at radius 3 is 2.71 bits per heavy atom. The molecule has 1 aromatic heterocycles. The van der Waals surface area contributed by atoms with Crippen molar-refractivity contribution in [1.82, 2.24) is 9.88 Å². The van der Waals surface area contributed by atoms with Crippen LogP contribution in [-0.2, 0) is 17.8 Å². The van der Waals surface area contributed by atoms with Crippen LogP contribution in [-0.4, -0.2) is 22.8 Å². The zero-order valence-electron chi connectivity index (χ0n) is 12.1. The van der Waals surface area contributed by atoms with Crippen LogP contribution in [0.3, 0.4) is 0 Å². The van der Waals surface area contributed by atoms with Crippen molar-refractivity contribution in [3.05, 3.63) is 52.0 Å². The number of carbonyl (C=O) groups is 1. The molecule has 21 heavy (non-hydrogen) atoms. The van der Waals surface area contributed by atoms with Crippen molar-refractivity contribution in [1.29, 1.82) is 5.26 Å². The summed E-state index contributed by atoms with van der Waals surface area (Å²) in [6, 6.07) is 11.7. The highest BCUT2D eigenvalue weighted by Gasteiger charge is 2.22. The van der Waals surface area contributed by atoms with Crippen molar-refractivity contribution in [2.75, 3.05) is 7.05 Å². The predicted molar refractivity (Wildman–Crippen MR) is 82.6 cm³/mol. The van der Waals surface area contributed by atoms with E-state index in [4.69, 9.17) is 0 Å². The van der Waals surface area contributed by atoms with Crippen LogP contribution in [0.5, 0.6) is 0 Å². The molecule has 0 aliphatic rings. The molecule has 0 saturated carbocycles. The predicted octanol–water partition coefficient (Wildman–Crippen LogP) is 2.79. The van der Waals surface area contributed by atoms with Gasteiger partial charge >= 0.3 is 0 Å². The second-order valence-electron chi connectivity index (χ2n) is 4.92. The van der Waals surface area contributed by atoms with E-state index in [-0.39, 0.29) is 5.91 Å². The van der Waals surface area contributed by atoms with Gasteiger partial charge < -0.3 is 4.90 Å². The molecule has 5 heteroatoms. The first-order chi connectivity index (χ1) is 10.1. The highest BCUT2D eigenvalue weighted by molar-refractivity contribution is 7.09. The van der Waals surface area contributed by atoms with Crippen molar-refractivity contribution in [2.45, 2.75) is 19.9 Å². The van der Waals surface area contributed by atoms with Crippen LogP contribution >= 0.6 is 11.3 Å². The lowest BCUT2D eigenvalue weighted by Crippen LogP contribution is -2.33. The zero-order valence-corrected chi connectivity index (χ0v) is 12.9. The summed E-state index contributed by atoms with van der Waals surface area (Å²) in [4.78, 5) is 18.3. The Hall–Kier alpha value is -2.19. The molecule has 1 unspecified atom stereocenters. The molecule has 108 valence electrons. The molecule has 0 fully saturated rings. The van der Waals surface area contributed by atoms with Gasteiger partial charge in [-0.25, -0.2) is 4.98 Å². The van der Waals surface area contributed by atoms with Gasteiger partial charge in [-0.15, -0.1) is 11.3 Å². The largest absolute Gasteiger partial charge is 0.339 e. The van der Waals surface area contributed by atoms with E-state index in [1.165, 1.54) is 0 Å². The summed E-state index contributed by atoms with van der Waals surface area (Å²) < 4.78 is 0. The van der Waals surface area contributed by atoms with Gasteiger partial charge in [0.15, 0.2) is 0 Å². The van der Waals surface area contributed by atoms with Crippen LogP contribution in [0.1, 0.15) is 16.3 Å². The summed E-state index contributed by atoms with van der Waals surface area (Å²) in [5, 5.41) is 12.2. The minimum Gasteiger partial charge on any atom is -0.339 e. The van der Waals surface area contributed by atoms with Crippen LogP contribution < -0.4 is 0 Å². The second-order valence-corrected chi connectivity index (χ2v) is 5.99. The third-order valence-electron chi connectivity index (χ3n) is 3.18. The molecule has 0 spiro atoms. The normalized spacial score (nSPS) is 11.7. The average molecular weight is 299 g/mol. The molecule has 1 amide bonds. The molecule has 0 N–H and O–H groups in total. The van der Waals surface area contributed by atoms with Gasteiger partial charge in [-0.2, -0.15) is 5.26 Å². The van der Waals surface area contributed by atoms with Gasteiger partial charge in [0.1, 0.15) is 5.92 Å². The maximum absolute atomic E-state index is 12.4. The number of aromatic nitrogens is 1. The number of hydrogen-bond acceptors (Lipinski definition) is 4. The first-order valence-electron chi connectivity index (χ1n) is 6.69. The fourth-order valence-corrected chi connectivity index (χ4v) is 2.71. The minimum atomic E-state index is -0.655. The van der Waals surface area contributed by atoms with Gasteiger partial charge in [0, 0.05) is 12.4 Å². The van der Waals surface area contributed by atoms with Gasteiger partial charge in [0.05, 0.1) is 23.3 Å². The van der Waals surface area contributed by atoms with Crippen molar-refractivity contribution in [3.8, 4) is 6.07 Å². The monoisotopic (exact) mass is 299 g/mol. The number of hydrogen-bond donors (Lipinski definition) is 0. The van der Waals surface area contributed by atoms with Crippen molar-refractivity contribution in [2.24, 2.45) is 5.92 Å². The highest BCUT2D eigenvalue weighted by atomic mass is 32.1. The van der Waals surface area contributed by atoms with Crippen LogP contribution in [0.2, 0.25) is 0 Å². The number of nitrogens with zero attached hydrogens (tertiary/aromatic N) is 3. The second kappa shape index (κ2) is 7.00. The maximum Gasteiger partial charge on any atom is 0.240 e. The Labute approximate surface area is 128 Å². The Morgan fingerprint density at radius 1 is 1.43 bits per heavy atom. The molecular weight excluding hydrogens is 282 g/mol.